The highest BCUT2D eigenvalue weighted by Gasteiger charge is 2.34. The molecule has 1 aliphatic carbocycles. The topological polar surface area (TPSA) is 100 Å². The molecule has 0 spiro atoms. The Morgan fingerprint density at radius 2 is 2.13 bits per heavy atom. The SMILES string of the molecule is CC(C)C(C)OC(=O)NCC1(C)CCCC(NC(=O)OC2=CCC(S)(C#N)SC2)C1. The van der Waals surface area contributed by atoms with E-state index in [9.17, 15) is 9.59 Å². The maximum atomic E-state index is 12.3. The van der Waals surface area contributed by atoms with Crippen LogP contribution in [-0.4, -0.2) is 40.7 Å². The van der Waals surface area contributed by atoms with Crippen molar-refractivity contribution in [2.75, 3.05) is 12.3 Å². The molecular formula is C21H33N3O4S2. The van der Waals surface area contributed by atoms with Gasteiger partial charge in [0, 0.05) is 19.0 Å². The molecular weight excluding hydrogens is 422 g/mol. The highest BCUT2D eigenvalue weighted by atomic mass is 32.2. The average molecular weight is 456 g/mol. The van der Waals surface area contributed by atoms with E-state index in [2.05, 4.69) is 36.3 Å². The third-order valence-electron chi connectivity index (χ3n) is 5.74. The van der Waals surface area contributed by atoms with Crippen LogP contribution in [0.25, 0.3) is 0 Å². The van der Waals surface area contributed by atoms with Gasteiger partial charge in [0.15, 0.2) is 0 Å². The molecule has 2 rings (SSSR count). The molecule has 0 aromatic carbocycles. The van der Waals surface area contributed by atoms with Crippen molar-refractivity contribution in [3.63, 3.8) is 0 Å². The van der Waals surface area contributed by atoms with Crippen LogP contribution in [0.2, 0.25) is 0 Å². The van der Waals surface area contributed by atoms with E-state index < -0.39 is 16.3 Å². The van der Waals surface area contributed by atoms with Gasteiger partial charge in [-0.25, -0.2) is 9.59 Å². The summed E-state index contributed by atoms with van der Waals surface area (Å²) < 4.78 is 10.0. The molecule has 4 atom stereocenters. The zero-order valence-electron chi connectivity index (χ0n) is 18.2. The molecule has 2 N–H and O–H groups in total. The number of thiol groups is 1. The number of nitrogens with one attached hydrogen (secondary N) is 2. The Balaban J connectivity index is 1.79. The van der Waals surface area contributed by atoms with E-state index >= 15 is 0 Å². The van der Waals surface area contributed by atoms with Gasteiger partial charge in [-0.15, -0.1) is 24.4 Å². The van der Waals surface area contributed by atoms with Gasteiger partial charge in [-0.2, -0.15) is 5.26 Å². The lowest BCUT2D eigenvalue weighted by Gasteiger charge is -2.38. The standard InChI is InChI=1S/C21H33N3O4S2/c1-14(2)15(3)27-18(25)23-13-20(4)8-5-6-16(10-20)24-19(26)28-17-7-9-21(29,12-22)30-11-17/h7,14-16,29H,5-6,8-11,13H2,1-4H3,(H,23,25)(H,24,26). The van der Waals surface area contributed by atoms with Crippen molar-refractivity contribution in [3.05, 3.63) is 11.8 Å². The minimum absolute atomic E-state index is 0.0106. The van der Waals surface area contributed by atoms with Gasteiger partial charge in [0.05, 0.1) is 11.8 Å². The molecule has 7 nitrogen and oxygen atoms in total. The number of nitriles is 1. The molecule has 0 bridgehead atoms. The number of nitrogens with zero attached hydrogens (tertiary/aromatic N) is 1. The first-order chi connectivity index (χ1) is 14.0. The van der Waals surface area contributed by atoms with Crippen molar-refractivity contribution in [2.45, 2.75) is 76.0 Å². The van der Waals surface area contributed by atoms with Crippen molar-refractivity contribution >= 4 is 36.6 Å². The van der Waals surface area contributed by atoms with Crippen LogP contribution in [0.3, 0.4) is 0 Å². The summed E-state index contributed by atoms with van der Waals surface area (Å²) in [6.45, 7) is 8.53. The fourth-order valence-electron chi connectivity index (χ4n) is 3.51. The summed E-state index contributed by atoms with van der Waals surface area (Å²) in [5.74, 6) is 1.26. The molecule has 1 fully saturated rings. The minimum Gasteiger partial charge on any atom is -0.446 e. The summed E-state index contributed by atoms with van der Waals surface area (Å²) in [6, 6.07) is 2.14. The second-order valence-corrected chi connectivity index (χ2v) is 11.2. The number of alkyl carbamates (subject to hydrolysis) is 2. The number of ether oxygens (including phenoxy) is 2. The largest absolute Gasteiger partial charge is 0.446 e. The molecule has 4 unspecified atom stereocenters. The fourth-order valence-corrected chi connectivity index (χ4v) is 4.62. The number of carbonyl (C=O) groups excluding carboxylic acids is 2. The molecule has 1 saturated carbocycles. The zero-order chi connectivity index (χ0) is 22.4. The Morgan fingerprint density at radius 3 is 2.73 bits per heavy atom. The van der Waals surface area contributed by atoms with Crippen LogP contribution >= 0.6 is 24.4 Å². The van der Waals surface area contributed by atoms with Crippen molar-refractivity contribution in [3.8, 4) is 6.07 Å². The van der Waals surface area contributed by atoms with Gasteiger partial charge in [0.25, 0.3) is 0 Å². The van der Waals surface area contributed by atoms with Crippen LogP contribution in [-0.2, 0) is 9.47 Å². The van der Waals surface area contributed by atoms with Crippen LogP contribution in [0.1, 0.15) is 59.8 Å². The van der Waals surface area contributed by atoms with Crippen molar-refractivity contribution in [2.24, 2.45) is 11.3 Å². The maximum absolute atomic E-state index is 12.3. The molecule has 1 aliphatic heterocycles. The second-order valence-electron chi connectivity index (χ2n) is 8.91. The van der Waals surface area contributed by atoms with Gasteiger partial charge in [-0.3, -0.25) is 0 Å². The molecule has 0 aromatic rings. The normalized spacial score (nSPS) is 29.9. The average Bonchev–Trinajstić information content (AvgIpc) is 2.68. The van der Waals surface area contributed by atoms with Gasteiger partial charge in [0.2, 0.25) is 0 Å². The minimum atomic E-state index is -0.754. The summed E-state index contributed by atoms with van der Waals surface area (Å²) in [5.41, 5.74) is -0.116. The summed E-state index contributed by atoms with van der Waals surface area (Å²) in [7, 11) is 0. The summed E-state index contributed by atoms with van der Waals surface area (Å²) in [6.07, 6.45) is 4.74. The number of thioether (sulfide) groups is 1. The zero-order valence-corrected chi connectivity index (χ0v) is 19.9. The Hall–Kier alpha value is -1.53. The summed E-state index contributed by atoms with van der Waals surface area (Å²) in [4.78, 5) is 24.3. The van der Waals surface area contributed by atoms with Crippen LogP contribution < -0.4 is 10.6 Å². The van der Waals surface area contributed by atoms with Crippen LogP contribution in [0.15, 0.2) is 11.8 Å². The van der Waals surface area contributed by atoms with E-state index in [1.807, 2.05) is 20.8 Å². The lowest BCUT2D eigenvalue weighted by molar-refractivity contribution is 0.0756. The molecule has 30 heavy (non-hydrogen) atoms. The third kappa shape index (κ3) is 7.62. The van der Waals surface area contributed by atoms with Gasteiger partial charge in [-0.05, 0) is 43.6 Å². The number of allylic oxidation sites excluding steroid dienone is 1. The smallest absolute Gasteiger partial charge is 0.412 e. The van der Waals surface area contributed by atoms with E-state index in [-0.39, 0.29) is 23.5 Å². The molecule has 168 valence electrons. The molecule has 9 heteroatoms. The maximum Gasteiger partial charge on any atom is 0.412 e. The van der Waals surface area contributed by atoms with E-state index in [1.54, 1.807) is 6.08 Å². The van der Waals surface area contributed by atoms with E-state index in [0.717, 1.165) is 25.7 Å². The molecule has 1 heterocycles. The Labute approximate surface area is 189 Å². The molecule has 0 aromatic heterocycles. The third-order valence-corrected chi connectivity index (χ3v) is 7.58. The summed E-state index contributed by atoms with van der Waals surface area (Å²) >= 11 is 5.68. The fraction of sp³-hybridized carbons (Fsp3) is 0.762. The summed E-state index contributed by atoms with van der Waals surface area (Å²) in [5, 5.41) is 14.9. The number of rotatable bonds is 6. The van der Waals surface area contributed by atoms with Gasteiger partial charge < -0.3 is 20.1 Å². The van der Waals surface area contributed by atoms with Gasteiger partial charge in [0.1, 0.15) is 15.9 Å². The van der Waals surface area contributed by atoms with Gasteiger partial charge in [-0.1, -0.05) is 27.2 Å². The Bertz CT molecular complexity index is 709. The first-order valence-electron chi connectivity index (χ1n) is 10.4. The second kappa shape index (κ2) is 10.7. The molecule has 0 radical (unpaired) electrons. The molecule has 2 amide bonds. The number of carbonyl (C=O) groups is 2. The van der Waals surface area contributed by atoms with Crippen molar-refractivity contribution in [1.29, 1.82) is 5.26 Å². The monoisotopic (exact) mass is 455 g/mol. The lowest BCUT2D eigenvalue weighted by Crippen LogP contribution is -2.46. The van der Waals surface area contributed by atoms with Crippen LogP contribution in [0, 0.1) is 22.7 Å². The highest BCUT2D eigenvalue weighted by molar-refractivity contribution is 8.12. The first kappa shape index (κ1) is 24.7. The predicted octanol–water partition coefficient (Wildman–Crippen LogP) is 4.60. The molecule has 0 saturated heterocycles. The highest BCUT2D eigenvalue weighted by Crippen LogP contribution is 2.39. The van der Waals surface area contributed by atoms with E-state index in [1.165, 1.54) is 11.8 Å². The van der Waals surface area contributed by atoms with E-state index in [0.29, 0.717) is 24.5 Å². The number of hydrogen-bond acceptors (Lipinski definition) is 7. The van der Waals surface area contributed by atoms with Crippen molar-refractivity contribution in [1.82, 2.24) is 10.6 Å². The Kier molecular flexibility index (Phi) is 8.80. The lowest BCUT2D eigenvalue weighted by atomic mass is 9.73. The number of hydrogen-bond donors (Lipinski definition) is 3. The number of amides is 2. The predicted molar refractivity (Wildman–Crippen MR) is 121 cm³/mol. The quantitative estimate of drug-likeness (QED) is 0.506. The van der Waals surface area contributed by atoms with Crippen LogP contribution in [0.5, 0.6) is 0 Å². The van der Waals surface area contributed by atoms with Crippen LogP contribution in [0.4, 0.5) is 9.59 Å². The molecule has 2 aliphatic rings. The van der Waals surface area contributed by atoms with Crippen molar-refractivity contribution < 1.29 is 19.1 Å². The Morgan fingerprint density at radius 1 is 1.40 bits per heavy atom. The first-order valence-corrected chi connectivity index (χ1v) is 11.9. The van der Waals surface area contributed by atoms with Gasteiger partial charge >= 0.3 is 12.2 Å². The van der Waals surface area contributed by atoms with E-state index in [4.69, 9.17) is 14.7 Å².